The lowest BCUT2D eigenvalue weighted by molar-refractivity contribution is -0.145. The smallest absolute Gasteiger partial charge is 0.408 e. The van der Waals surface area contributed by atoms with Gasteiger partial charge < -0.3 is 29.0 Å². The molecule has 0 aliphatic heterocycles. The first-order valence-electron chi connectivity index (χ1n) is 12.6. The zero-order valence-electron chi connectivity index (χ0n) is 23.0. The molecule has 2 rings (SSSR count). The second-order valence-corrected chi connectivity index (χ2v) is 9.17. The minimum Gasteiger partial charge on any atom is -0.490 e. The molecule has 0 saturated carbocycles. The number of esters is 1. The van der Waals surface area contributed by atoms with Gasteiger partial charge >= 0.3 is 12.1 Å². The molecule has 2 amide bonds. The van der Waals surface area contributed by atoms with Gasteiger partial charge in [0.1, 0.15) is 11.6 Å². The second-order valence-electron chi connectivity index (χ2n) is 9.17. The quantitative estimate of drug-likeness (QED) is 0.210. The maximum absolute atomic E-state index is 12.8. The second kappa shape index (κ2) is 16.0. The van der Waals surface area contributed by atoms with Crippen LogP contribution < -0.4 is 20.2 Å². The molecule has 0 radical (unpaired) electrons. The Hall–Kier alpha value is -4.12. The normalized spacial score (nSPS) is 11.9. The lowest BCUT2D eigenvalue weighted by Gasteiger charge is -2.22. The van der Waals surface area contributed by atoms with Crippen molar-refractivity contribution < 1.29 is 38.1 Å². The number of carbonyl (C=O) groups is 3. The van der Waals surface area contributed by atoms with Crippen LogP contribution in [0.3, 0.4) is 0 Å². The van der Waals surface area contributed by atoms with Crippen molar-refractivity contribution in [1.29, 1.82) is 0 Å². The number of hydrogen-bond acceptors (Lipinski definition) is 9. The molecular weight excluding hydrogens is 506 g/mol. The molecule has 0 heterocycles. The Balaban J connectivity index is 2.04. The molecule has 39 heavy (non-hydrogen) atoms. The largest absolute Gasteiger partial charge is 0.490 e. The number of nitrogens with zero attached hydrogens (tertiary/aromatic N) is 1. The van der Waals surface area contributed by atoms with Crippen LogP contribution in [0.1, 0.15) is 45.7 Å². The van der Waals surface area contributed by atoms with Crippen LogP contribution in [-0.4, -0.2) is 62.3 Å². The van der Waals surface area contributed by atoms with Crippen LogP contribution in [0.5, 0.6) is 11.5 Å². The molecule has 0 spiro atoms. The van der Waals surface area contributed by atoms with E-state index in [2.05, 4.69) is 15.8 Å². The molecule has 0 unspecified atom stereocenters. The third kappa shape index (κ3) is 12.3. The summed E-state index contributed by atoms with van der Waals surface area (Å²) in [7, 11) is 0. The zero-order chi connectivity index (χ0) is 28.7. The van der Waals surface area contributed by atoms with Gasteiger partial charge in [-0.1, -0.05) is 30.3 Å². The van der Waals surface area contributed by atoms with Gasteiger partial charge in [0.15, 0.2) is 18.1 Å². The minimum absolute atomic E-state index is 0.101. The van der Waals surface area contributed by atoms with E-state index < -0.39 is 29.6 Å². The van der Waals surface area contributed by atoms with Crippen molar-refractivity contribution in [3.8, 4) is 11.5 Å². The van der Waals surface area contributed by atoms with E-state index >= 15 is 0 Å². The Labute approximate surface area is 228 Å². The third-order valence-electron chi connectivity index (χ3n) is 4.71. The van der Waals surface area contributed by atoms with Crippen LogP contribution in [-0.2, 0) is 30.4 Å². The van der Waals surface area contributed by atoms with E-state index in [1.807, 2.05) is 37.3 Å². The molecule has 11 heteroatoms. The molecule has 2 N–H and O–H groups in total. The fourth-order valence-corrected chi connectivity index (χ4v) is 3.08. The van der Waals surface area contributed by atoms with Crippen molar-refractivity contribution in [3.63, 3.8) is 0 Å². The summed E-state index contributed by atoms with van der Waals surface area (Å²) in [5.41, 5.74) is 3.20. The highest BCUT2D eigenvalue weighted by atomic mass is 16.6. The first-order chi connectivity index (χ1) is 18.6. The molecule has 0 aliphatic rings. The van der Waals surface area contributed by atoms with Crippen molar-refractivity contribution in [1.82, 2.24) is 10.7 Å². The SMILES string of the molecule is CCOC(=O)COc1ccc(/C=N\NC(=O)[C@H](COCc2ccccc2)NC(=O)OC(C)(C)C)cc1OCC. The molecule has 2 aromatic carbocycles. The van der Waals surface area contributed by atoms with Crippen LogP contribution in [0, 0.1) is 0 Å². The van der Waals surface area contributed by atoms with Gasteiger partial charge in [0.25, 0.3) is 5.91 Å². The number of amides is 2. The van der Waals surface area contributed by atoms with Crippen molar-refractivity contribution in [2.24, 2.45) is 5.10 Å². The molecule has 0 saturated heterocycles. The average molecular weight is 544 g/mol. The van der Waals surface area contributed by atoms with Crippen LogP contribution in [0.4, 0.5) is 4.79 Å². The molecule has 11 nitrogen and oxygen atoms in total. The number of benzene rings is 2. The zero-order valence-corrected chi connectivity index (χ0v) is 23.0. The van der Waals surface area contributed by atoms with E-state index in [4.69, 9.17) is 23.7 Å². The van der Waals surface area contributed by atoms with Crippen molar-refractivity contribution in [2.75, 3.05) is 26.4 Å². The molecule has 0 fully saturated rings. The summed E-state index contributed by atoms with van der Waals surface area (Å²) in [5.74, 6) is -0.320. The highest BCUT2D eigenvalue weighted by Crippen LogP contribution is 2.28. The highest BCUT2D eigenvalue weighted by molar-refractivity contribution is 5.87. The van der Waals surface area contributed by atoms with Gasteiger partial charge in [-0.2, -0.15) is 5.10 Å². The number of alkyl carbamates (subject to hydrolysis) is 1. The molecule has 212 valence electrons. The number of ether oxygens (including phenoxy) is 5. The van der Waals surface area contributed by atoms with Gasteiger partial charge in [0, 0.05) is 0 Å². The van der Waals surface area contributed by atoms with Crippen LogP contribution >= 0.6 is 0 Å². The highest BCUT2D eigenvalue weighted by Gasteiger charge is 2.24. The molecule has 1 atom stereocenters. The lowest BCUT2D eigenvalue weighted by atomic mass is 10.2. The summed E-state index contributed by atoms with van der Waals surface area (Å²) in [6.45, 7) is 9.23. The standard InChI is InChI=1S/C28H37N3O8/c1-6-36-24-15-21(13-14-23(24)38-19-25(32)37-7-2)16-29-31-26(33)22(30-27(34)39-28(3,4)5)18-35-17-20-11-9-8-10-12-20/h8-16,22H,6-7,17-19H2,1-5H3,(H,30,34)(H,31,33)/b29-16-/t22-/m0/s1. The summed E-state index contributed by atoms with van der Waals surface area (Å²) in [4.78, 5) is 36.7. The van der Waals surface area contributed by atoms with Gasteiger partial charge in [-0.15, -0.1) is 0 Å². The summed E-state index contributed by atoms with van der Waals surface area (Å²) in [6, 6.07) is 13.3. The summed E-state index contributed by atoms with van der Waals surface area (Å²) < 4.78 is 26.9. The van der Waals surface area contributed by atoms with Gasteiger partial charge in [-0.05, 0) is 63.9 Å². The molecule has 0 aromatic heterocycles. The third-order valence-corrected chi connectivity index (χ3v) is 4.71. The monoisotopic (exact) mass is 543 g/mol. The number of rotatable bonds is 14. The van der Waals surface area contributed by atoms with Gasteiger partial charge in [-0.3, -0.25) is 4.79 Å². The number of carbonyl (C=O) groups excluding carboxylic acids is 3. The number of nitrogens with one attached hydrogen (secondary N) is 2. The van der Waals surface area contributed by atoms with Gasteiger partial charge in [0.2, 0.25) is 0 Å². The summed E-state index contributed by atoms with van der Waals surface area (Å²) >= 11 is 0. The van der Waals surface area contributed by atoms with E-state index in [-0.39, 0.29) is 26.4 Å². The predicted octanol–water partition coefficient (Wildman–Crippen LogP) is 3.59. The van der Waals surface area contributed by atoms with Crippen LogP contribution in [0.2, 0.25) is 0 Å². The Morgan fingerprint density at radius 3 is 2.38 bits per heavy atom. The topological polar surface area (TPSA) is 134 Å². The molecule has 0 bridgehead atoms. The van der Waals surface area contributed by atoms with Gasteiger partial charge in [0.05, 0.1) is 32.6 Å². The van der Waals surface area contributed by atoms with E-state index in [1.165, 1.54) is 6.21 Å². The van der Waals surface area contributed by atoms with Gasteiger partial charge in [-0.25, -0.2) is 15.0 Å². The first-order valence-corrected chi connectivity index (χ1v) is 12.6. The minimum atomic E-state index is -1.06. The van der Waals surface area contributed by atoms with E-state index in [9.17, 15) is 14.4 Å². The maximum atomic E-state index is 12.8. The Morgan fingerprint density at radius 2 is 1.72 bits per heavy atom. The Bertz CT molecular complexity index is 1100. The van der Waals surface area contributed by atoms with Crippen molar-refractivity contribution in [2.45, 2.75) is 52.9 Å². The first kappa shape index (κ1) is 31.1. The molecular formula is C28H37N3O8. The average Bonchev–Trinajstić information content (AvgIpc) is 2.87. The van der Waals surface area contributed by atoms with E-state index in [0.717, 1.165) is 5.56 Å². The lowest BCUT2D eigenvalue weighted by Crippen LogP contribution is -2.49. The maximum Gasteiger partial charge on any atom is 0.408 e. The van der Waals surface area contributed by atoms with Crippen molar-refractivity contribution in [3.05, 3.63) is 59.7 Å². The fraction of sp³-hybridized carbons (Fsp3) is 0.429. The van der Waals surface area contributed by atoms with Crippen LogP contribution in [0.25, 0.3) is 0 Å². The predicted molar refractivity (Wildman–Crippen MR) is 145 cm³/mol. The van der Waals surface area contributed by atoms with E-state index in [0.29, 0.717) is 23.7 Å². The van der Waals surface area contributed by atoms with E-state index in [1.54, 1.807) is 45.9 Å². The molecule has 2 aromatic rings. The number of hydrazone groups is 1. The molecule has 0 aliphatic carbocycles. The van der Waals surface area contributed by atoms with Crippen molar-refractivity contribution >= 4 is 24.2 Å². The summed E-state index contributed by atoms with van der Waals surface area (Å²) in [5, 5.41) is 6.52. The summed E-state index contributed by atoms with van der Waals surface area (Å²) in [6.07, 6.45) is 0.653. The Morgan fingerprint density at radius 1 is 0.974 bits per heavy atom. The van der Waals surface area contributed by atoms with Crippen LogP contribution in [0.15, 0.2) is 53.6 Å². The Kier molecular flexibility index (Phi) is 12.7. The number of hydrogen-bond donors (Lipinski definition) is 2. The fourth-order valence-electron chi connectivity index (χ4n) is 3.08.